The smallest absolute Gasteiger partial charge is 0.243 e. The average molecular weight is 598 g/mol. The summed E-state index contributed by atoms with van der Waals surface area (Å²) in [6.45, 7) is 25.1. The number of rotatable bonds is 16. The van der Waals surface area contributed by atoms with Crippen molar-refractivity contribution in [2.45, 2.75) is 128 Å². The van der Waals surface area contributed by atoms with Crippen LogP contribution in [0.3, 0.4) is 0 Å². The van der Waals surface area contributed by atoms with Crippen molar-refractivity contribution in [2.75, 3.05) is 13.2 Å². The number of hydrogen-bond acceptors (Lipinski definition) is 5. The largest absolute Gasteiger partial charge is 0.415 e. The lowest BCUT2D eigenvalue weighted by molar-refractivity contribution is -0.107. The highest BCUT2D eigenvalue weighted by Crippen LogP contribution is 2.38. The Morgan fingerprint density at radius 1 is 0.897 bits per heavy atom. The second-order valence-electron chi connectivity index (χ2n) is 13.5. The predicted octanol–water partition coefficient (Wildman–Crippen LogP) is 7.92. The van der Waals surface area contributed by atoms with E-state index in [0.717, 1.165) is 31.1 Å². The minimum Gasteiger partial charge on any atom is -0.415 e. The maximum absolute atomic E-state index is 14.0. The van der Waals surface area contributed by atoms with Gasteiger partial charge in [-0.1, -0.05) is 85.6 Å². The van der Waals surface area contributed by atoms with E-state index in [1.54, 1.807) is 22.5 Å². The number of carbonyl (C=O) groups is 1. The van der Waals surface area contributed by atoms with Crippen LogP contribution < -0.4 is 0 Å². The predicted molar refractivity (Wildman–Crippen MR) is 169 cm³/mol. The van der Waals surface area contributed by atoms with Crippen molar-refractivity contribution < 1.29 is 22.1 Å². The first-order valence-corrected chi connectivity index (χ1v) is 21.5. The minimum atomic E-state index is -3.81. The highest BCUT2D eigenvalue weighted by Gasteiger charge is 2.39. The van der Waals surface area contributed by atoms with Crippen molar-refractivity contribution in [3.8, 4) is 0 Å². The average Bonchev–Trinajstić information content (AvgIpc) is 2.82. The summed E-state index contributed by atoms with van der Waals surface area (Å²) in [5, 5.41) is 0.104. The van der Waals surface area contributed by atoms with Crippen LogP contribution in [0.5, 0.6) is 0 Å². The fourth-order valence-corrected chi connectivity index (χ4v) is 6.98. The number of carbonyl (C=O) groups excluding carboxylic acids is 1. The molecule has 9 heteroatoms. The van der Waals surface area contributed by atoms with Gasteiger partial charge in [-0.2, -0.15) is 4.31 Å². The molecule has 1 unspecified atom stereocenters. The molecule has 0 spiro atoms. The van der Waals surface area contributed by atoms with Gasteiger partial charge >= 0.3 is 0 Å². The molecule has 224 valence electrons. The SMILES string of the molecule is CCCCCN(C(/C=C/CC=O)CO[Si](C)(C)C(C)(C)C)S(=O)(=O)c1ccc(CO[Si](C)(C)C(C)(C)C)cc1. The van der Waals surface area contributed by atoms with E-state index in [-0.39, 0.29) is 28.0 Å². The molecule has 39 heavy (non-hydrogen) atoms. The van der Waals surface area contributed by atoms with Crippen LogP contribution in [0.15, 0.2) is 41.3 Å². The molecule has 0 saturated heterocycles. The molecule has 0 radical (unpaired) electrons. The maximum Gasteiger partial charge on any atom is 0.243 e. The van der Waals surface area contributed by atoms with Gasteiger partial charge < -0.3 is 13.6 Å². The molecule has 0 fully saturated rings. The highest BCUT2D eigenvalue weighted by atomic mass is 32.2. The fourth-order valence-electron chi connectivity index (χ4n) is 3.39. The topological polar surface area (TPSA) is 72.9 Å². The van der Waals surface area contributed by atoms with Gasteiger partial charge in [0.25, 0.3) is 0 Å². The second-order valence-corrected chi connectivity index (χ2v) is 25.0. The molecule has 6 nitrogen and oxygen atoms in total. The summed E-state index contributed by atoms with van der Waals surface area (Å²) < 4.78 is 42.5. The molecule has 0 saturated carbocycles. The van der Waals surface area contributed by atoms with Crippen molar-refractivity contribution in [2.24, 2.45) is 0 Å². The lowest BCUT2D eigenvalue weighted by Gasteiger charge is -2.38. The first-order valence-electron chi connectivity index (χ1n) is 14.3. The summed E-state index contributed by atoms with van der Waals surface area (Å²) in [6.07, 6.45) is 7.31. The Morgan fingerprint density at radius 2 is 1.44 bits per heavy atom. The molecule has 0 bridgehead atoms. The first-order chi connectivity index (χ1) is 17.8. The van der Waals surface area contributed by atoms with E-state index in [0.29, 0.717) is 13.2 Å². The van der Waals surface area contributed by atoms with Gasteiger partial charge in [-0.25, -0.2) is 8.42 Å². The summed E-state index contributed by atoms with van der Waals surface area (Å²) >= 11 is 0. The summed E-state index contributed by atoms with van der Waals surface area (Å²) in [7, 11) is -7.84. The van der Waals surface area contributed by atoms with Gasteiger partial charge in [-0.3, -0.25) is 0 Å². The molecule has 0 aliphatic rings. The van der Waals surface area contributed by atoms with E-state index in [1.165, 1.54) is 0 Å². The molecule has 0 aliphatic heterocycles. The van der Waals surface area contributed by atoms with Crippen molar-refractivity contribution in [3.05, 3.63) is 42.0 Å². The summed E-state index contributed by atoms with van der Waals surface area (Å²) in [6, 6.07) is 6.59. The lowest BCUT2D eigenvalue weighted by Crippen LogP contribution is -2.47. The number of benzene rings is 1. The highest BCUT2D eigenvalue weighted by molar-refractivity contribution is 7.89. The summed E-state index contributed by atoms with van der Waals surface area (Å²) in [4.78, 5) is 11.3. The first kappa shape index (κ1) is 35.9. The monoisotopic (exact) mass is 597 g/mol. The molecule has 1 rings (SSSR count). The molecule has 1 aromatic carbocycles. The lowest BCUT2D eigenvalue weighted by atomic mass is 10.2. The zero-order valence-electron chi connectivity index (χ0n) is 26.5. The number of nitrogens with zero attached hydrogens (tertiary/aromatic N) is 1. The van der Waals surface area contributed by atoms with E-state index in [1.807, 2.05) is 18.2 Å². The van der Waals surface area contributed by atoms with Gasteiger partial charge in [0.2, 0.25) is 10.0 Å². The molecule has 0 amide bonds. The maximum atomic E-state index is 14.0. The third-order valence-electron chi connectivity index (χ3n) is 8.30. The van der Waals surface area contributed by atoms with Crippen molar-refractivity contribution >= 4 is 32.9 Å². The number of sulfonamides is 1. The normalized spacial score (nSPS) is 14.8. The van der Waals surface area contributed by atoms with E-state index < -0.39 is 32.7 Å². The van der Waals surface area contributed by atoms with Crippen molar-refractivity contribution in [1.29, 1.82) is 0 Å². The van der Waals surface area contributed by atoms with Gasteiger partial charge in [0.15, 0.2) is 16.6 Å². The minimum absolute atomic E-state index is 0.00170. The van der Waals surface area contributed by atoms with E-state index in [4.69, 9.17) is 8.85 Å². The Morgan fingerprint density at radius 3 is 1.92 bits per heavy atom. The second kappa shape index (κ2) is 14.7. The summed E-state index contributed by atoms with van der Waals surface area (Å²) in [5.74, 6) is 0. The molecular weight excluding hydrogens is 543 g/mol. The number of unbranched alkanes of at least 4 members (excludes halogenated alkanes) is 2. The summed E-state index contributed by atoms with van der Waals surface area (Å²) in [5.41, 5.74) is 0.958. The van der Waals surface area contributed by atoms with E-state index in [9.17, 15) is 13.2 Å². The quantitative estimate of drug-likeness (QED) is 0.0837. The molecule has 0 aromatic heterocycles. The fraction of sp³-hybridized carbons (Fsp3) is 0.700. The van der Waals surface area contributed by atoms with Crippen molar-refractivity contribution in [3.63, 3.8) is 0 Å². The van der Waals surface area contributed by atoms with Gasteiger partial charge in [0.1, 0.15) is 6.29 Å². The Balaban J connectivity index is 3.32. The van der Waals surface area contributed by atoms with Gasteiger partial charge in [0, 0.05) is 13.0 Å². The van der Waals surface area contributed by atoms with Crippen molar-refractivity contribution in [1.82, 2.24) is 4.31 Å². The van der Waals surface area contributed by atoms with Crippen LogP contribution in [0.25, 0.3) is 0 Å². The Labute approximate surface area is 241 Å². The van der Waals surface area contributed by atoms with Crippen LogP contribution in [0.2, 0.25) is 36.3 Å². The zero-order valence-corrected chi connectivity index (χ0v) is 29.3. The van der Waals surface area contributed by atoms with Crippen LogP contribution in [0, 0.1) is 0 Å². The van der Waals surface area contributed by atoms with Gasteiger partial charge in [0.05, 0.1) is 24.2 Å². The van der Waals surface area contributed by atoms with Crippen LogP contribution in [0.1, 0.15) is 79.7 Å². The Bertz CT molecular complexity index is 1020. The van der Waals surface area contributed by atoms with E-state index >= 15 is 0 Å². The third kappa shape index (κ3) is 10.7. The van der Waals surface area contributed by atoms with Crippen LogP contribution in [-0.2, 0) is 30.3 Å². The Kier molecular flexibility index (Phi) is 13.5. The third-order valence-corrected chi connectivity index (χ3v) is 19.2. The van der Waals surface area contributed by atoms with Crippen LogP contribution in [-0.4, -0.2) is 54.8 Å². The molecule has 1 aromatic rings. The van der Waals surface area contributed by atoms with Gasteiger partial charge in [-0.05, 0) is 60.4 Å². The van der Waals surface area contributed by atoms with Gasteiger partial charge in [-0.15, -0.1) is 0 Å². The molecule has 0 heterocycles. The Hall–Kier alpha value is -1.11. The molecule has 0 N–H and O–H groups in total. The number of hydrogen-bond donors (Lipinski definition) is 0. The van der Waals surface area contributed by atoms with E-state index in [2.05, 4.69) is 74.7 Å². The zero-order chi connectivity index (χ0) is 30.1. The molecular formula is C30H55NO5SSi2. The standard InChI is InChI=1S/C30H55NO5SSi2/c1-12-13-15-22-31(27(17-14-16-23-32)25-36-39(10,11)30(5,6)7)37(33,34)28-20-18-26(19-21-28)24-35-38(8,9)29(2,3)4/h14,17-21,23,27H,12-13,15-16,22,24-25H2,1-11H3/b17-14+. The molecule has 0 aliphatic carbocycles. The number of allylic oxidation sites excluding steroid dienone is 1. The molecule has 1 atom stereocenters. The number of aldehydes is 1. The van der Waals surface area contributed by atoms with Crippen LogP contribution >= 0.6 is 0 Å². The van der Waals surface area contributed by atoms with Crippen LogP contribution in [0.4, 0.5) is 0 Å².